The normalized spacial score (nSPS) is 16.1. The third kappa shape index (κ3) is 2.77. The number of amides is 1. The van der Waals surface area contributed by atoms with Crippen molar-refractivity contribution in [3.05, 3.63) is 64.7 Å². The molecule has 22 heavy (non-hydrogen) atoms. The number of aliphatic hydroxyl groups excluding tert-OH is 1. The van der Waals surface area contributed by atoms with Crippen LogP contribution in [-0.2, 0) is 11.2 Å². The SMILES string of the molecule is Cc1cccc(C(O)c2ccc3c(c2)CCCC(=O)N3C)c1. The largest absolute Gasteiger partial charge is 0.384 e. The molecular formula is C19H21NO2. The summed E-state index contributed by atoms with van der Waals surface area (Å²) in [5, 5.41) is 10.6. The lowest BCUT2D eigenvalue weighted by atomic mass is 9.96. The number of rotatable bonds is 2. The van der Waals surface area contributed by atoms with Crippen LogP contribution in [0.1, 0.15) is 41.2 Å². The van der Waals surface area contributed by atoms with Crippen molar-refractivity contribution in [1.82, 2.24) is 0 Å². The molecule has 3 heteroatoms. The van der Waals surface area contributed by atoms with Crippen LogP contribution >= 0.6 is 0 Å². The number of carbonyl (C=O) groups is 1. The topological polar surface area (TPSA) is 40.5 Å². The predicted molar refractivity (Wildman–Crippen MR) is 88.0 cm³/mol. The molecule has 0 aliphatic carbocycles. The maximum absolute atomic E-state index is 11.9. The summed E-state index contributed by atoms with van der Waals surface area (Å²) in [6, 6.07) is 13.8. The fraction of sp³-hybridized carbons (Fsp3) is 0.316. The highest BCUT2D eigenvalue weighted by Gasteiger charge is 2.20. The van der Waals surface area contributed by atoms with Gasteiger partial charge >= 0.3 is 0 Å². The van der Waals surface area contributed by atoms with Gasteiger partial charge in [0.05, 0.1) is 0 Å². The summed E-state index contributed by atoms with van der Waals surface area (Å²) in [5.41, 5.74) is 5.02. The standard InChI is InChI=1S/C19H21NO2/c1-13-5-3-7-15(11-13)19(22)16-9-10-17-14(12-16)6-4-8-18(21)20(17)2/h3,5,7,9-12,19,22H,4,6,8H2,1-2H3. The van der Waals surface area contributed by atoms with E-state index < -0.39 is 6.10 Å². The number of aliphatic hydroxyl groups is 1. The lowest BCUT2D eigenvalue weighted by Gasteiger charge is -2.20. The number of fused-ring (bicyclic) bond motifs is 1. The fourth-order valence-corrected chi connectivity index (χ4v) is 3.07. The highest BCUT2D eigenvalue weighted by Crippen LogP contribution is 2.31. The summed E-state index contributed by atoms with van der Waals surface area (Å²) in [7, 11) is 1.82. The number of anilines is 1. The Bertz CT molecular complexity index is 708. The summed E-state index contributed by atoms with van der Waals surface area (Å²) in [5.74, 6) is 0.158. The highest BCUT2D eigenvalue weighted by molar-refractivity contribution is 5.94. The van der Waals surface area contributed by atoms with Gasteiger partial charge in [-0.05, 0) is 42.5 Å². The average Bonchev–Trinajstić information content (AvgIpc) is 2.66. The molecule has 0 spiro atoms. The van der Waals surface area contributed by atoms with Crippen molar-refractivity contribution < 1.29 is 9.90 Å². The Kier molecular flexibility index (Phi) is 3.99. The Labute approximate surface area is 131 Å². The molecule has 1 unspecified atom stereocenters. The van der Waals surface area contributed by atoms with E-state index in [1.165, 1.54) is 0 Å². The van der Waals surface area contributed by atoms with Gasteiger partial charge in [0, 0.05) is 19.2 Å². The Morgan fingerprint density at radius 3 is 2.64 bits per heavy atom. The molecule has 2 aromatic rings. The monoisotopic (exact) mass is 295 g/mol. The van der Waals surface area contributed by atoms with E-state index in [1.807, 2.05) is 56.4 Å². The van der Waals surface area contributed by atoms with Gasteiger partial charge in [-0.25, -0.2) is 0 Å². The highest BCUT2D eigenvalue weighted by atomic mass is 16.3. The summed E-state index contributed by atoms with van der Waals surface area (Å²) in [6.45, 7) is 2.02. The Hall–Kier alpha value is -2.13. The van der Waals surface area contributed by atoms with E-state index in [1.54, 1.807) is 4.90 Å². The van der Waals surface area contributed by atoms with Gasteiger partial charge in [-0.1, -0.05) is 42.0 Å². The molecule has 0 aromatic heterocycles. The predicted octanol–water partition coefficient (Wildman–Crippen LogP) is 3.38. The second-order valence-electron chi connectivity index (χ2n) is 6.01. The molecule has 3 nitrogen and oxygen atoms in total. The smallest absolute Gasteiger partial charge is 0.226 e. The molecule has 0 saturated carbocycles. The Balaban J connectivity index is 1.96. The van der Waals surface area contributed by atoms with Crippen LogP contribution in [0, 0.1) is 6.92 Å². The average molecular weight is 295 g/mol. The number of aryl methyl sites for hydroxylation is 2. The zero-order chi connectivity index (χ0) is 15.7. The van der Waals surface area contributed by atoms with Crippen LogP contribution in [0.25, 0.3) is 0 Å². The molecule has 0 saturated heterocycles. The van der Waals surface area contributed by atoms with Crippen LogP contribution in [0.2, 0.25) is 0 Å². The number of nitrogens with zero attached hydrogens (tertiary/aromatic N) is 1. The van der Waals surface area contributed by atoms with E-state index in [9.17, 15) is 9.90 Å². The van der Waals surface area contributed by atoms with Crippen molar-refractivity contribution in [3.63, 3.8) is 0 Å². The van der Waals surface area contributed by atoms with Gasteiger partial charge in [0.15, 0.2) is 0 Å². The third-order valence-electron chi connectivity index (χ3n) is 4.35. The molecular weight excluding hydrogens is 274 g/mol. The van der Waals surface area contributed by atoms with Crippen molar-refractivity contribution in [2.24, 2.45) is 0 Å². The summed E-state index contributed by atoms with van der Waals surface area (Å²) >= 11 is 0. The number of hydrogen-bond donors (Lipinski definition) is 1. The van der Waals surface area contributed by atoms with Crippen molar-refractivity contribution in [1.29, 1.82) is 0 Å². The molecule has 0 fully saturated rings. The zero-order valence-electron chi connectivity index (χ0n) is 13.0. The minimum atomic E-state index is -0.630. The Morgan fingerprint density at radius 1 is 1.09 bits per heavy atom. The van der Waals surface area contributed by atoms with Gasteiger partial charge in [0.1, 0.15) is 6.10 Å². The van der Waals surface area contributed by atoms with Gasteiger partial charge in [-0.2, -0.15) is 0 Å². The van der Waals surface area contributed by atoms with Gasteiger partial charge in [0.25, 0.3) is 0 Å². The minimum Gasteiger partial charge on any atom is -0.384 e. The van der Waals surface area contributed by atoms with E-state index in [2.05, 4.69) is 0 Å². The first kappa shape index (κ1) is 14.8. The van der Waals surface area contributed by atoms with Gasteiger partial charge in [-0.3, -0.25) is 4.79 Å². The molecule has 0 radical (unpaired) electrons. The molecule has 1 N–H and O–H groups in total. The first-order chi connectivity index (χ1) is 10.6. The first-order valence-corrected chi connectivity index (χ1v) is 7.70. The van der Waals surface area contributed by atoms with Gasteiger partial charge in [-0.15, -0.1) is 0 Å². The van der Waals surface area contributed by atoms with Crippen LogP contribution in [0.15, 0.2) is 42.5 Å². The zero-order valence-corrected chi connectivity index (χ0v) is 13.0. The van der Waals surface area contributed by atoms with E-state index in [0.29, 0.717) is 6.42 Å². The van der Waals surface area contributed by atoms with Crippen molar-refractivity contribution in [3.8, 4) is 0 Å². The summed E-state index contributed by atoms with van der Waals surface area (Å²) in [4.78, 5) is 13.7. The number of benzene rings is 2. The first-order valence-electron chi connectivity index (χ1n) is 7.70. The van der Waals surface area contributed by atoms with E-state index in [4.69, 9.17) is 0 Å². The molecule has 1 amide bonds. The Morgan fingerprint density at radius 2 is 1.86 bits per heavy atom. The molecule has 1 atom stereocenters. The second kappa shape index (κ2) is 5.93. The molecule has 114 valence electrons. The maximum atomic E-state index is 11.9. The van der Waals surface area contributed by atoms with E-state index >= 15 is 0 Å². The van der Waals surface area contributed by atoms with Crippen LogP contribution in [0.5, 0.6) is 0 Å². The van der Waals surface area contributed by atoms with Crippen LogP contribution in [-0.4, -0.2) is 18.1 Å². The molecule has 1 aliphatic heterocycles. The van der Waals surface area contributed by atoms with Gasteiger partial charge in [0.2, 0.25) is 5.91 Å². The van der Waals surface area contributed by atoms with E-state index in [0.717, 1.165) is 40.8 Å². The summed E-state index contributed by atoms with van der Waals surface area (Å²) in [6.07, 6.45) is 1.69. The molecule has 1 aliphatic rings. The quantitative estimate of drug-likeness (QED) is 0.922. The van der Waals surface area contributed by atoms with Crippen molar-refractivity contribution >= 4 is 11.6 Å². The molecule has 2 aromatic carbocycles. The molecule has 3 rings (SSSR count). The second-order valence-corrected chi connectivity index (χ2v) is 6.01. The van der Waals surface area contributed by atoms with Crippen LogP contribution < -0.4 is 4.90 Å². The maximum Gasteiger partial charge on any atom is 0.226 e. The van der Waals surface area contributed by atoms with Crippen LogP contribution in [0.4, 0.5) is 5.69 Å². The summed E-state index contributed by atoms with van der Waals surface area (Å²) < 4.78 is 0. The van der Waals surface area contributed by atoms with E-state index in [-0.39, 0.29) is 5.91 Å². The van der Waals surface area contributed by atoms with Crippen LogP contribution in [0.3, 0.4) is 0 Å². The fourth-order valence-electron chi connectivity index (χ4n) is 3.07. The minimum absolute atomic E-state index is 0.158. The van der Waals surface area contributed by atoms with Crippen molar-refractivity contribution in [2.75, 3.05) is 11.9 Å². The number of hydrogen-bond acceptors (Lipinski definition) is 2. The molecule has 0 bridgehead atoms. The number of carbonyl (C=O) groups excluding carboxylic acids is 1. The third-order valence-corrected chi connectivity index (χ3v) is 4.35. The van der Waals surface area contributed by atoms with Crippen molar-refractivity contribution in [2.45, 2.75) is 32.3 Å². The van der Waals surface area contributed by atoms with Gasteiger partial charge < -0.3 is 10.0 Å². The lowest BCUT2D eigenvalue weighted by molar-refractivity contribution is -0.118. The lowest BCUT2D eigenvalue weighted by Crippen LogP contribution is -2.25. The molecule has 1 heterocycles.